The van der Waals surface area contributed by atoms with E-state index in [1.165, 1.54) is 28.3 Å². The highest BCUT2D eigenvalue weighted by Gasteiger charge is 2.22. The van der Waals surface area contributed by atoms with E-state index in [-0.39, 0.29) is 17.1 Å². The zero-order valence-corrected chi connectivity index (χ0v) is 16.4. The number of fused-ring (bicyclic) bond motifs is 1. The number of hydrogen-bond acceptors (Lipinski definition) is 3. The van der Waals surface area contributed by atoms with Crippen LogP contribution in [-0.2, 0) is 4.79 Å². The van der Waals surface area contributed by atoms with Gasteiger partial charge in [0.1, 0.15) is 0 Å². The number of hydrogen-bond donors (Lipinski definition) is 2. The van der Waals surface area contributed by atoms with Crippen LogP contribution in [0.1, 0.15) is 23.5 Å². The highest BCUT2D eigenvalue weighted by molar-refractivity contribution is 8.13. The normalized spacial score (nSPS) is 15.1. The van der Waals surface area contributed by atoms with Crippen molar-refractivity contribution in [2.75, 3.05) is 25.4 Å². The van der Waals surface area contributed by atoms with Gasteiger partial charge in [0.15, 0.2) is 0 Å². The van der Waals surface area contributed by atoms with E-state index >= 15 is 0 Å². The lowest BCUT2D eigenvalue weighted by Crippen LogP contribution is -2.33. The first-order valence-corrected chi connectivity index (χ1v) is 10.5. The Labute approximate surface area is 168 Å². The Hall–Kier alpha value is -2.73. The number of carbonyl (C=O) groups is 2. The topological polar surface area (TPSA) is 65.2 Å². The fourth-order valence-electron chi connectivity index (χ4n) is 3.64. The molecule has 0 saturated carbocycles. The third-order valence-corrected chi connectivity index (χ3v) is 6.05. The van der Waals surface area contributed by atoms with Crippen molar-refractivity contribution >= 4 is 33.8 Å². The van der Waals surface area contributed by atoms with E-state index in [2.05, 4.69) is 34.6 Å². The zero-order valence-electron chi connectivity index (χ0n) is 15.6. The van der Waals surface area contributed by atoms with Gasteiger partial charge in [-0.15, -0.1) is 0 Å². The third kappa shape index (κ3) is 4.07. The van der Waals surface area contributed by atoms with E-state index in [1.54, 1.807) is 4.90 Å². The molecule has 2 aromatic carbocycles. The van der Waals surface area contributed by atoms with Gasteiger partial charge in [-0.1, -0.05) is 60.3 Å². The minimum absolute atomic E-state index is 0.0227. The van der Waals surface area contributed by atoms with E-state index in [4.69, 9.17) is 0 Å². The van der Waals surface area contributed by atoms with Crippen LogP contribution in [0.3, 0.4) is 0 Å². The summed E-state index contributed by atoms with van der Waals surface area (Å²) in [5, 5.41) is 4.32. The fraction of sp³-hybridized carbons (Fsp3) is 0.273. The molecule has 0 radical (unpaired) electrons. The number of aromatic nitrogens is 1. The summed E-state index contributed by atoms with van der Waals surface area (Å²) in [4.78, 5) is 29.2. The van der Waals surface area contributed by atoms with Crippen LogP contribution in [-0.4, -0.2) is 46.4 Å². The van der Waals surface area contributed by atoms with Crippen molar-refractivity contribution in [2.24, 2.45) is 0 Å². The van der Waals surface area contributed by atoms with Crippen molar-refractivity contribution in [3.05, 3.63) is 71.9 Å². The molecule has 0 aliphatic carbocycles. The number of carbonyl (C=O) groups excluding carboxylic acids is 2. The number of aromatic amines is 1. The molecule has 5 nitrogen and oxygen atoms in total. The number of nitrogens with one attached hydrogen (secondary N) is 2. The highest BCUT2D eigenvalue weighted by atomic mass is 32.2. The minimum Gasteiger partial charge on any atom is -0.361 e. The number of benzene rings is 2. The molecule has 0 spiro atoms. The molecule has 1 aliphatic heterocycles. The molecular formula is C22H23N3O2S. The van der Waals surface area contributed by atoms with Crippen LogP contribution in [0.15, 0.2) is 60.8 Å². The molecule has 2 N–H and O–H groups in total. The molecule has 1 aliphatic rings. The first-order valence-electron chi connectivity index (χ1n) is 9.52. The molecule has 2 amide bonds. The summed E-state index contributed by atoms with van der Waals surface area (Å²) in [7, 11) is 0. The predicted molar refractivity (Wildman–Crippen MR) is 114 cm³/mol. The van der Waals surface area contributed by atoms with Gasteiger partial charge in [-0.3, -0.25) is 9.59 Å². The molecule has 0 bridgehead atoms. The maximum Gasteiger partial charge on any atom is 0.281 e. The molecule has 1 fully saturated rings. The van der Waals surface area contributed by atoms with Gasteiger partial charge in [0.05, 0.1) is 0 Å². The zero-order chi connectivity index (χ0) is 19.3. The minimum atomic E-state index is -0.0227. The lowest BCUT2D eigenvalue weighted by molar-refractivity contribution is -0.121. The average Bonchev–Trinajstić information content (AvgIpc) is 3.34. The Kier molecular flexibility index (Phi) is 5.67. The van der Waals surface area contributed by atoms with Gasteiger partial charge < -0.3 is 15.2 Å². The summed E-state index contributed by atoms with van der Waals surface area (Å²) >= 11 is 1.32. The molecule has 28 heavy (non-hydrogen) atoms. The van der Waals surface area contributed by atoms with Gasteiger partial charge in [0.25, 0.3) is 5.24 Å². The molecular weight excluding hydrogens is 370 g/mol. The monoisotopic (exact) mass is 393 g/mol. The summed E-state index contributed by atoms with van der Waals surface area (Å²) in [6, 6.07) is 18.5. The van der Waals surface area contributed by atoms with Gasteiger partial charge in [-0.05, 0) is 17.2 Å². The van der Waals surface area contributed by atoms with Gasteiger partial charge in [-0.25, -0.2) is 0 Å². The molecule has 6 heteroatoms. The van der Waals surface area contributed by atoms with E-state index < -0.39 is 0 Å². The second-order valence-electron chi connectivity index (χ2n) is 6.91. The van der Waals surface area contributed by atoms with Crippen molar-refractivity contribution in [3.8, 4) is 0 Å². The summed E-state index contributed by atoms with van der Waals surface area (Å²) in [5.41, 5.74) is 3.43. The van der Waals surface area contributed by atoms with Crippen molar-refractivity contribution in [1.82, 2.24) is 15.2 Å². The summed E-state index contributed by atoms with van der Waals surface area (Å²) in [5.74, 6) is 0.854. The maximum atomic E-state index is 12.4. The summed E-state index contributed by atoms with van der Waals surface area (Å²) in [6.45, 7) is 1.74. The van der Waals surface area contributed by atoms with E-state index in [0.717, 1.165) is 17.8 Å². The molecule has 1 unspecified atom stereocenters. The van der Waals surface area contributed by atoms with Crippen LogP contribution in [0.4, 0.5) is 4.79 Å². The first kappa shape index (κ1) is 18.6. The smallest absolute Gasteiger partial charge is 0.281 e. The predicted octanol–water partition coefficient (Wildman–Crippen LogP) is 3.97. The Bertz CT molecular complexity index is 970. The number of nitrogens with zero attached hydrogens (tertiary/aromatic N) is 1. The molecule has 2 heterocycles. The lowest BCUT2D eigenvalue weighted by Gasteiger charge is -2.19. The second kappa shape index (κ2) is 8.52. The summed E-state index contributed by atoms with van der Waals surface area (Å²) < 4.78 is 0. The quantitative estimate of drug-likeness (QED) is 0.638. The van der Waals surface area contributed by atoms with Gasteiger partial charge in [0.2, 0.25) is 5.91 Å². The Morgan fingerprint density at radius 2 is 1.93 bits per heavy atom. The molecule has 144 valence electrons. The third-order valence-electron chi connectivity index (χ3n) is 5.16. The van der Waals surface area contributed by atoms with Crippen LogP contribution in [0.25, 0.3) is 10.9 Å². The number of para-hydroxylation sites is 1. The fourth-order valence-corrected chi connectivity index (χ4v) is 4.50. The van der Waals surface area contributed by atoms with Crippen molar-refractivity contribution < 1.29 is 9.59 Å². The van der Waals surface area contributed by atoms with Crippen molar-refractivity contribution in [3.63, 3.8) is 0 Å². The molecule has 1 saturated heterocycles. The van der Waals surface area contributed by atoms with Crippen LogP contribution in [0.5, 0.6) is 0 Å². The Morgan fingerprint density at radius 3 is 2.71 bits per heavy atom. The Balaban J connectivity index is 1.47. The molecule has 1 aromatic heterocycles. The number of H-pyrrole nitrogens is 1. The standard InChI is InChI=1S/C22H23N3O2S/c26-21(10-11-25-12-13-28-22(25)27)24-14-18(16-6-2-1-3-7-16)19-15-23-20-9-5-4-8-17(19)20/h1-9,15,18,23H,10-14H2,(H,24,26). The highest BCUT2D eigenvalue weighted by Crippen LogP contribution is 2.30. The Morgan fingerprint density at radius 1 is 1.14 bits per heavy atom. The van der Waals surface area contributed by atoms with Crippen LogP contribution >= 0.6 is 11.8 Å². The van der Waals surface area contributed by atoms with Crippen molar-refractivity contribution in [1.29, 1.82) is 0 Å². The van der Waals surface area contributed by atoms with E-state index in [0.29, 0.717) is 19.5 Å². The lowest BCUT2D eigenvalue weighted by atomic mass is 9.91. The van der Waals surface area contributed by atoms with Crippen molar-refractivity contribution in [2.45, 2.75) is 12.3 Å². The van der Waals surface area contributed by atoms with Crippen LogP contribution in [0.2, 0.25) is 0 Å². The largest absolute Gasteiger partial charge is 0.361 e. The molecule has 4 rings (SSSR count). The second-order valence-corrected chi connectivity index (χ2v) is 7.95. The van der Waals surface area contributed by atoms with Crippen LogP contribution in [0, 0.1) is 0 Å². The molecule has 3 aromatic rings. The van der Waals surface area contributed by atoms with Gasteiger partial charge >= 0.3 is 0 Å². The number of thioether (sulfide) groups is 1. The van der Waals surface area contributed by atoms with E-state index in [9.17, 15) is 9.59 Å². The number of amides is 2. The SMILES string of the molecule is O=C(CCN1CCSC1=O)NCC(c1ccccc1)c1c[nH]c2ccccc12. The number of rotatable bonds is 7. The first-order chi connectivity index (χ1) is 13.7. The van der Waals surface area contributed by atoms with Gasteiger partial charge in [0, 0.05) is 54.8 Å². The van der Waals surface area contributed by atoms with E-state index in [1.807, 2.05) is 36.5 Å². The van der Waals surface area contributed by atoms with Gasteiger partial charge in [-0.2, -0.15) is 0 Å². The maximum absolute atomic E-state index is 12.4. The average molecular weight is 394 g/mol. The van der Waals surface area contributed by atoms with Crippen LogP contribution < -0.4 is 5.32 Å². The molecule has 1 atom stereocenters. The summed E-state index contributed by atoms with van der Waals surface area (Å²) in [6.07, 6.45) is 2.37.